The molecule has 0 spiro atoms. The molecule has 0 fully saturated rings. The molecule has 3 aromatic rings. The summed E-state index contributed by atoms with van der Waals surface area (Å²) >= 11 is 0. The maximum atomic E-state index is 14.5. The minimum atomic E-state index is -1.23. The predicted molar refractivity (Wildman–Crippen MR) is 129 cm³/mol. The number of nitrogens with one attached hydrogen (secondary N) is 1. The molecule has 3 N–H and O–H groups in total. The summed E-state index contributed by atoms with van der Waals surface area (Å²) in [6.07, 6.45) is 5.30. The van der Waals surface area contributed by atoms with Gasteiger partial charge in [0.15, 0.2) is 11.6 Å². The quantitative estimate of drug-likeness (QED) is 0.332. The van der Waals surface area contributed by atoms with E-state index in [0.717, 1.165) is 24.6 Å². The van der Waals surface area contributed by atoms with E-state index in [-0.39, 0.29) is 5.56 Å². The molecule has 0 unspecified atom stereocenters. The van der Waals surface area contributed by atoms with E-state index in [1.54, 1.807) is 19.2 Å². The van der Waals surface area contributed by atoms with Crippen LogP contribution in [0.3, 0.4) is 0 Å². The number of rotatable bonds is 10. The molecule has 5 nitrogen and oxygen atoms in total. The van der Waals surface area contributed by atoms with Crippen molar-refractivity contribution >= 4 is 11.6 Å². The Hall–Kier alpha value is -3.23. The molecule has 3 rings (SSSR count). The van der Waals surface area contributed by atoms with Gasteiger partial charge in [0.1, 0.15) is 5.82 Å². The van der Waals surface area contributed by atoms with Gasteiger partial charge in [0.25, 0.3) is 0 Å². The van der Waals surface area contributed by atoms with Gasteiger partial charge in [-0.25, -0.2) is 18.0 Å². The third-order valence-corrected chi connectivity index (χ3v) is 5.46. The van der Waals surface area contributed by atoms with Crippen LogP contribution in [0.25, 0.3) is 17.3 Å². The number of aromatic nitrogens is 2. The Labute approximate surface area is 197 Å². The number of aryl methyl sites for hydroxylation is 1. The van der Waals surface area contributed by atoms with Gasteiger partial charge in [-0.05, 0) is 68.3 Å². The molecule has 1 heterocycles. The smallest absolute Gasteiger partial charge is 0.330 e. The van der Waals surface area contributed by atoms with E-state index in [9.17, 15) is 18.0 Å². The molecule has 0 atom stereocenters. The van der Waals surface area contributed by atoms with Crippen LogP contribution in [0, 0.1) is 24.4 Å². The van der Waals surface area contributed by atoms with Crippen LogP contribution >= 0.6 is 0 Å². The third kappa shape index (κ3) is 6.21. The fourth-order valence-electron chi connectivity index (χ4n) is 3.62. The lowest BCUT2D eigenvalue weighted by molar-refractivity contribution is 0.493. The zero-order valence-electron chi connectivity index (χ0n) is 19.4. The Kier molecular flexibility index (Phi) is 8.79. The van der Waals surface area contributed by atoms with Gasteiger partial charge >= 0.3 is 5.69 Å². The van der Waals surface area contributed by atoms with E-state index in [2.05, 4.69) is 10.3 Å². The highest BCUT2D eigenvalue weighted by molar-refractivity contribution is 5.82. The van der Waals surface area contributed by atoms with Gasteiger partial charge < -0.3 is 11.1 Å². The maximum absolute atomic E-state index is 14.5. The largest absolute Gasteiger partial charge is 0.352 e. The van der Waals surface area contributed by atoms with Crippen LogP contribution in [0.1, 0.15) is 48.6 Å². The third-order valence-electron chi connectivity index (χ3n) is 5.46. The summed E-state index contributed by atoms with van der Waals surface area (Å²) in [5.74, 6) is -3.19. The van der Waals surface area contributed by atoms with Gasteiger partial charge in [-0.1, -0.05) is 25.5 Å². The second kappa shape index (κ2) is 11.8. The number of nitrogens with two attached hydrogens (primary N) is 1. The van der Waals surface area contributed by atoms with Crippen LogP contribution < -0.4 is 16.7 Å². The van der Waals surface area contributed by atoms with Crippen molar-refractivity contribution in [2.24, 2.45) is 5.73 Å². The average molecular weight is 471 g/mol. The standard InChI is InChI=1S/C26H29F3N4O/c1-3-5-19(22-13-24(28)25(29)14-23(22)27)12-20-16-33(26(34)32-17(20)2)21-8-6-18(7-9-21)15-31-11-4-10-30/h6-9,12-14,16,31H,3-5,10-11,15,30H2,1-2H3/b19-12+. The van der Waals surface area contributed by atoms with Crippen LogP contribution in [0.2, 0.25) is 0 Å². The molecular formula is C26H29F3N4O. The molecule has 0 saturated carbocycles. The highest BCUT2D eigenvalue weighted by Gasteiger charge is 2.15. The van der Waals surface area contributed by atoms with Crippen LogP contribution in [0.15, 0.2) is 47.4 Å². The molecule has 34 heavy (non-hydrogen) atoms. The van der Waals surface area contributed by atoms with Crippen molar-refractivity contribution in [2.45, 2.75) is 39.7 Å². The minimum Gasteiger partial charge on any atom is -0.330 e. The molecule has 180 valence electrons. The number of benzene rings is 2. The molecule has 2 aromatic carbocycles. The maximum Gasteiger partial charge on any atom is 0.352 e. The highest BCUT2D eigenvalue weighted by Crippen LogP contribution is 2.28. The summed E-state index contributed by atoms with van der Waals surface area (Å²) in [6, 6.07) is 8.91. The Balaban J connectivity index is 1.96. The lowest BCUT2D eigenvalue weighted by atomic mass is 9.98. The molecule has 1 aromatic heterocycles. The predicted octanol–water partition coefficient (Wildman–Crippen LogP) is 4.74. The van der Waals surface area contributed by atoms with Gasteiger partial charge in [0, 0.05) is 29.9 Å². The highest BCUT2D eigenvalue weighted by atomic mass is 19.2. The molecule has 0 aliphatic rings. The van der Waals surface area contributed by atoms with E-state index in [1.165, 1.54) is 4.57 Å². The molecule has 0 aliphatic heterocycles. The Morgan fingerprint density at radius 1 is 1.12 bits per heavy atom. The first-order chi connectivity index (χ1) is 16.3. The number of hydrogen-bond acceptors (Lipinski definition) is 4. The molecular weight excluding hydrogens is 441 g/mol. The zero-order valence-corrected chi connectivity index (χ0v) is 19.4. The van der Waals surface area contributed by atoms with Crippen molar-refractivity contribution in [3.63, 3.8) is 0 Å². The Morgan fingerprint density at radius 3 is 2.50 bits per heavy atom. The van der Waals surface area contributed by atoms with Crippen LogP contribution in [-0.4, -0.2) is 22.6 Å². The van der Waals surface area contributed by atoms with Crippen LogP contribution in [0.5, 0.6) is 0 Å². The van der Waals surface area contributed by atoms with E-state index in [0.29, 0.717) is 54.5 Å². The summed E-state index contributed by atoms with van der Waals surface area (Å²) in [5, 5.41) is 3.30. The molecule has 0 bridgehead atoms. The first-order valence-corrected chi connectivity index (χ1v) is 11.3. The lowest BCUT2D eigenvalue weighted by Gasteiger charge is -2.12. The van der Waals surface area contributed by atoms with Crippen molar-refractivity contribution in [3.8, 4) is 5.69 Å². The molecule has 0 radical (unpaired) electrons. The van der Waals surface area contributed by atoms with E-state index < -0.39 is 23.1 Å². The van der Waals surface area contributed by atoms with Gasteiger partial charge in [-0.3, -0.25) is 4.57 Å². The number of nitrogens with zero attached hydrogens (tertiary/aromatic N) is 2. The summed E-state index contributed by atoms with van der Waals surface area (Å²) in [7, 11) is 0. The second-order valence-corrected chi connectivity index (χ2v) is 8.09. The van der Waals surface area contributed by atoms with E-state index >= 15 is 0 Å². The number of hydrogen-bond donors (Lipinski definition) is 2. The van der Waals surface area contributed by atoms with Gasteiger partial charge in [0.05, 0.1) is 11.4 Å². The summed E-state index contributed by atoms with van der Waals surface area (Å²) in [4.78, 5) is 16.7. The molecule has 0 saturated heterocycles. The normalized spacial score (nSPS) is 11.8. The molecule has 0 aliphatic carbocycles. The van der Waals surface area contributed by atoms with Crippen LogP contribution in [0.4, 0.5) is 13.2 Å². The van der Waals surface area contributed by atoms with Crippen molar-refractivity contribution in [2.75, 3.05) is 13.1 Å². The van der Waals surface area contributed by atoms with Crippen molar-refractivity contribution < 1.29 is 13.2 Å². The second-order valence-electron chi connectivity index (χ2n) is 8.09. The van der Waals surface area contributed by atoms with Gasteiger partial charge in [0.2, 0.25) is 0 Å². The topological polar surface area (TPSA) is 72.9 Å². The number of allylic oxidation sites excluding steroid dienone is 1. The molecule has 0 amide bonds. The van der Waals surface area contributed by atoms with E-state index in [1.807, 2.05) is 31.2 Å². The molecule has 8 heteroatoms. The Morgan fingerprint density at radius 2 is 1.82 bits per heavy atom. The van der Waals surface area contributed by atoms with Gasteiger partial charge in [-0.15, -0.1) is 0 Å². The lowest BCUT2D eigenvalue weighted by Crippen LogP contribution is -2.22. The minimum absolute atomic E-state index is 0.00983. The van der Waals surface area contributed by atoms with Gasteiger partial charge in [-0.2, -0.15) is 4.98 Å². The fourth-order valence-corrected chi connectivity index (χ4v) is 3.62. The summed E-state index contributed by atoms with van der Waals surface area (Å²) < 4.78 is 43.1. The summed E-state index contributed by atoms with van der Waals surface area (Å²) in [6.45, 7) is 5.74. The van der Waals surface area contributed by atoms with E-state index in [4.69, 9.17) is 5.73 Å². The average Bonchev–Trinajstić information content (AvgIpc) is 2.81. The monoisotopic (exact) mass is 470 g/mol. The zero-order chi connectivity index (χ0) is 24.7. The summed E-state index contributed by atoms with van der Waals surface area (Å²) in [5.41, 5.74) is 8.27. The SMILES string of the molecule is CCC/C(=C\c1cn(-c2ccc(CNCCCN)cc2)c(=O)nc1C)c1cc(F)c(F)cc1F. The fraction of sp³-hybridized carbons (Fsp3) is 0.308. The first kappa shape index (κ1) is 25.4. The van der Waals surface area contributed by atoms with Crippen LogP contribution in [-0.2, 0) is 6.54 Å². The number of halogens is 3. The first-order valence-electron chi connectivity index (χ1n) is 11.3. The van der Waals surface area contributed by atoms with Crippen molar-refractivity contribution in [3.05, 3.63) is 92.9 Å². The van der Waals surface area contributed by atoms with Crippen molar-refractivity contribution in [1.29, 1.82) is 0 Å². The van der Waals surface area contributed by atoms with Crippen molar-refractivity contribution in [1.82, 2.24) is 14.9 Å². The Bertz CT molecular complexity index is 1220.